The Morgan fingerprint density at radius 3 is 3.00 bits per heavy atom. The molecular formula is C11H12BrNO. The zero-order chi connectivity index (χ0) is 10.1. The number of hydrogen-bond donors (Lipinski definition) is 1. The van der Waals surface area contributed by atoms with Crippen LogP contribution in [0.5, 0.6) is 0 Å². The second-order valence-corrected chi connectivity index (χ2v) is 4.68. The maximum atomic E-state index is 11.4. The lowest BCUT2D eigenvalue weighted by molar-refractivity contribution is -0.116. The normalized spacial score (nSPS) is 21.0. The Balaban J connectivity index is 2.46. The summed E-state index contributed by atoms with van der Waals surface area (Å²) in [5, 5.41) is 2.92. The van der Waals surface area contributed by atoms with Gasteiger partial charge in [0.2, 0.25) is 5.91 Å². The van der Waals surface area contributed by atoms with E-state index in [1.807, 2.05) is 18.2 Å². The van der Waals surface area contributed by atoms with Crippen molar-refractivity contribution in [3.05, 3.63) is 28.2 Å². The minimum atomic E-state index is 0.120. The van der Waals surface area contributed by atoms with Gasteiger partial charge in [-0.25, -0.2) is 0 Å². The molecule has 0 saturated heterocycles. The van der Waals surface area contributed by atoms with E-state index in [1.54, 1.807) is 0 Å². The number of carbonyl (C=O) groups is 1. The van der Waals surface area contributed by atoms with Crippen molar-refractivity contribution in [2.75, 3.05) is 5.32 Å². The molecule has 1 amide bonds. The number of halogens is 1. The average molecular weight is 254 g/mol. The number of anilines is 1. The molecule has 0 aromatic heterocycles. The number of hydrogen-bond acceptors (Lipinski definition) is 1. The van der Waals surface area contributed by atoms with Crippen molar-refractivity contribution in [3.63, 3.8) is 0 Å². The topological polar surface area (TPSA) is 29.1 Å². The summed E-state index contributed by atoms with van der Waals surface area (Å²) in [5.74, 6) is 0.532. The van der Waals surface area contributed by atoms with Crippen LogP contribution in [0.1, 0.15) is 18.9 Å². The minimum Gasteiger partial charge on any atom is -0.326 e. The maximum absolute atomic E-state index is 11.4. The van der Waals surface area contributed by atoms with Gasteiger partial charge in [-0.3, -0.25) is 4.79 Å². The monoisotopic (exact) mass is 253 g/mol. The van der Waals surface area contributed by atoms with E-state index in [0.29, 0.717) is 12.3 Å². The van der Waals surface area contributed by atoms with Gasteiger partial charge in [0.15, 0.2) is 0 Å². The van der Waals surface area contributed by atoms with Gasteiger partial charge in [-0.1, -0.05) is 28.9 Å². The highest BCUT2D eigenvalue weighted by molar-refractivity contribution is 9.10. The lowest BCUT2D eigenvalue weighted by atomic mass is 9.99. The minimum absolute atomic E-state index is 0.120. The molecule has 1 N–H and O–H groups in total. The van der Waals surface area contributed by atoms with Crippen LogP contribution in [0.4, 0.5) is 5.69 Å². The van der Waals surface area contributed by atoms with Crippen LogP contribution in [0.2, 0.25) is 0 Å². The van der Waals surface area contributed by atoms with Crippen LogP contribution in [0.15, 0.2) is 22.7 Å². The molecule has 0 saturated carbocycles. The van der Waals surface area contributed by atoms with Gasteiger partial charge in [0.1, 0.15) is 0 Å². The Morgan fingerprint density at radius 1 is 1.43 bits per heavy atom. The van der Waals surface area contributed by atoms with E-state index < -0.39 is 0 Å². The van der Waals surface area contributed by atoms with Crippen molar-refractivity contribution in [3.8, 4) is 0 Å². The highest BCUT2D eigenvalue weighted by Crippen LogP contribution is 2.30. The third-order valence-electron chi connectivity index (χ3n) is 2.48. The zero-order valence-corrected chi connectivity index (χ0v) is 9.60. The van der Waals surface area contributed by atoms with E-state index in [2.05, 4.69) is 28.2 Å². The molecule has 0 radical (unpaired) electrons. The second kappa shape index (κ2) is 3.73. The van der Waals surface area contributed by atoms with E-state index in [0.717, 1.165) is 16.6 Å². The first-order valence-electron chi connectivity index (χ1n) is 4.74. The molecule has 74 valence electrons. The van der Waals surface area contributed by atoms with Crippen molar-refractivity contribution in [2.45, 2.75) is 19.8 Å². The van der Waals surface area contributed by atoms with Gasteiger partial charge < -0.3 is 5.32 Å². The standard InChI is InChI=1S/C11H12BrNO/c1-7-5-8-9(12)3-2-4-10(8)13-11(14)6-7/h2-4,7H,5-6H2,1H3,(H,13,14). The lowest BCUT2D eigenvalue weighted by Crippen LogP contribution is -2.11. The van der Waals surface area contributed by atoms with E-state index in [4.69, 9.17) is 0 Å². The molecule has 1 atom stereocenters. The summed E-state index contributed by atoms with van der Waals surface area (Å²) in [6, 6.07) is 5.91. The van der Waals surface area contributed by atoms with E-state index in [1.165, 1.54) is 5.56 Å². The molecule has 3 heteroatoms. The first-order chi connectivity index (χ1) is 6.66. The van der Waals surface area contributed by atoms with Gasteiger partial charge in [-0.15, -0.1) is 0 Å². The molecule has 0 bridgehead atoms. The maximum Gasteiger partial charge on any atom is 0.224 e. The van der Waals surface area contributed by atoms with Gasteiger partial charge in [-0.05, 0) is 30.0 Å². The SMILES string of the molecule is CC1CC(=O)Nc2cccc(Br)c2C1. The zero-order valence-electron chi connectivity index (χ0n) is 8.01. The molecule has 2 rings (SSSR count). The van der Waals surface area contributed by atoms with Gasteiger partial charge in [0.05, 0.1) is 0 Å². The van der Waals surface area contributed by atoms with Crippen LogP contribution in [0, 0.1) is 5.92 Å². The van der Waals surface area contributed by atoms with Gasteiger partial charge in [0, 0.05) is 16.6 Å². The molecule has 14 heavy (non-hydrogen) atoms. The van der Waals surface area contributed by atoms with Gasteiger partial charge >= 0.3 is 0 Å². The van der Waals surface area contributed by atoms with Crippen molar-refractivity contribution in [2.24, 2.45) is 5.92 Å². The predicted molar refractivity (Wildman–Crippen MR) is 60.3 cm³/mol. The Hall–Kier alpha value is -0.830. The third-order valence-corrected chi connectivity index (χ3v) is 3.22. The Labute approximate surface area is 91.8 Å². The fourth-order valence-electron chi connectivity index (χ4n) is 1.82. The molecular weight excluding hydrogens is 242 g/mol. The number of fused-ring (bicyclic) bond motifs is 1. The van der Waals surface area contributed by atoms with Crippen molar-refractivity contribution >= 4 is 27.5 Å². The van der Waals surface area contributed by atoms with Crippen LogP contribution in [-0.4, -0.2) is 5.91 Å². The molecule has 1 unspecified atom stereocenters. The highest BCUT2D eigenvalue weighted by atomic mass is 79.9. The summed E-state index contributed by atoms with van der Waals surface area (Å²) in [6.07, 6.45) is 1.57. The molecule has 1 aromatic rings. The number of nitrogens with one attached hydrogen (secondary N) is 1. The summed E-state index contributed by atoms with van der Waals surface area (Å²) < 4.78 is 1.09. The van der Waals surface area contributed by atoms with Gasteiger partial charge in [0.25, 0.3) is 0 Å². The fourth-order valence-corrected chi connectivity index (χ4v) is 2.35. The van der Waals surface area contributed by atoms with Gasteiger partial charge in [-0.2, -0.15) is 0 Å². The quantitative estimate of drug-likeness (QED) is 0.757. The molecule has 0 spiro atoms. The van der Waals surface area contributed by atoms with Crippen LogP contribution in [-0.2, 0) is 11.2 Å². The van der Waals surface area contributed by atoms with E-state index in [-0.39, 0.29) is 5.91 Å². The van der Waals surface area contributed by atoms with Crippen molar-refractivity contribution in [1.82, 2.24) is 0 Å². The number of amides is 1. The third kappa shape index (κ3) is 1.82. The first-order valence-corrected chi connectivity index (χ1v) is 5.53. The van der Waals surface area contributed by atoms with Crippen LogP contribution >= 0.6 is 15.9 Å². The molecule has 2 nitrogen and oxygen atoms in total. The fraction of sp³-hybridized carbons (Fsp3) is 0.364. The van der Waals surface area contributed by atoms with Crippen molar-refractivity contribution in [1.29, 1.82) is 0 Å². The largest absolute Gasteiger partial charge is 0.326 e. The molecule has 0 fully saturated rings. The summed E-state index contributed by atoms with van der Waals surface area (Å²) in [6.45, 7) is 2.11. The summed E-state index contributed by atoms with van der Waals surface area (Å²) >= 11 is 3.51. The average Bonchev–Trinajstić information content (AvgIpc) is 2.23. The lowest BCUT2D eigenvalue weighted by Gasteiger charge is -2.09. The molecule has 0 aliphatic carbocycles. The smallest absolute Gasteiger partial charge is 0.224 e. The number of carbonyl (C=O) groups excluding carboxylic acids is 1. The Bertz CT molecular complexity index is 376. The molecule has 1 aliphatic heterocycles. The summed E-state index contributed by atoms with van der Waals surface area (Å²) in [4.78, 5) is 11.4. The predicted octanol–water partition coefficient (Wildman–Crippen LogP) is 2.97. The summed E-state index contributed by atoms with van der Waals surface area (Å²) in [5.41, 5.74) is 2.17. The van der Waals surface area contributed by atoms with Crippen LogP contribution < -0.4 is 5.32 Å². The van der Waals surface area contributed by atoms with E-state index in [9.17, 15) is 4.79 Å². The van der Waals surface area contributed by atoms with Crippen LogP contribution in [0.25, 0.3) is 0 Å². The molecule has 1 aromatic carbocycles. The molecule has 1 heterocycles. The van der Waals surface area contributed by atoms with Crippen molar-refractivity contribution < 1.29 is 4.79 Å². The number of rotatable bonds is 0. The summed E-state index contributed by atoms with van der Waals surface area (Å²) in [7, 11) is 0. The highest BCUT2D eigenvalue weighted by Gasteiger charge is 2.19. The Kier molecular flexibility index (Phi) is 2.59. The van der Waals surface area contributed by atoms with E-state index >= 15 is 0 Å². The Morgan fingerprint density at radius 2 is 2.21 bits per heavy atom. The second-order valence-electron chi connectivity index (χ2n) is 3.83. The first kappa shape index (κ1) is 9.71. The number of benzene rings is 1. The van der Waals surface area contributed by atoms with Crippen LogP contribution in [0.3, 0.4) is 0 Å². The molecule has 1 aliphatic rings.